The second-order valence-corrected chi connectivity index (χ2v) is 4.93. The molecule has 0 aliphatic heterocycles. The third kappa shape index (κ3) is 3.07. The van der Waals surface area contributed by atoms with Gasteiger partial charge in [0.2, 0.25) is 0 Å². The molecule has 0 atom stereocenters. The van der Waals surface area contributed by atoms with Gasteiger partial charge >= 0.3 is 0 Å². The minimum atomic E-state index is 0.563. The molecule has 3 nitrogen and oxygen atoms in total. The molecule has 0 saturated heterocycles. The summed E-state index contributed by atoms with van der Waals surface area (Å²) in [7, 11) is 1.87. The van der Waals surface area contributed by atoms with E-state index in [2.05, 4.69) is 17.5 Å². The molecule has 4 heteroatoms. The molecule has 0 aliphatic rings. The maximum atomic E-state index is 9.09. The lowest BCUT2D eigenvalue weighted by molar-refractivity contribution is 1.33. The molecule has 1 N–H and O–H groups in total. The molecule has 0 aliphatic carbocycles. The van der Waals surface area contributed by atoms with Crippen molar-refractivity contribution in [2.45, 2.75) is 9.79 Å². The Morgan fingerprint density at radius 3 is 2.32 bits per heavy atom. The smallest absolute Gasteiger partial charge is 0.100 e. The summed E-state index contributed by atoms with van der Waals surface area (Å²) in [5.74, 6) is 0. The van der Waals surface area contributed by atoms with Crippen molar-refractivity contribution in [1.29, 1.82) is 10.5 Å². The highest BCUT2D eigenvalue weighted by Crippen LogP contribution is 2.31. The summed E-state index contributed by atoms with van der Waals surface area (Å²) in [6, 6.07) is 17.2. The fourth-order valence-electron chi connectivity index (χ4n) is 1.59. The minimum Gasteiger partial charge on any atom is -0.388 e. The molecule has 0 amide bonds. The molecule has 0 radical (unpaired) electrons. The monoisotopic (exact) mass is 265 g/mol. The number of nitrogens with one attached hydrogen (secondary N) is 1. The van der Waals surface area contributed by atoms with Crippen molar-refractivity contribution in [1.82, 2.24) is 0 Å². The van der Waals surface area contributed by atoms with Crippen molar-refractivity contribution in [3.8, 4) is 12.1 Å². The van der Waals surface area contributed by atoms with Gasteiger partial charge in [0.25, 0.3) is 0 Å². The van der Waals surface area contributed by atoms with Crippen molar-refractivity contribution in [2.75, 3.05) is 12.4 Å². The Bertz CT molecular complexity index is 663. The van der Waals surface area contributed by atoms with Gasteiger partial charge in [-0.15, -0.1) is 0 Å². The van der Waals surface area contributed by atoms with Crippen molar-refractivity contribution in [3.05, 3.63) is 53.6 Å². The summed E-state index contributed by atoms with van der Waals surface area (Å²) < 4.78 is 0. The predicted octanol–water partition coefficient (Wildman–Crippen LogP) is 3.62. The zero-order valence-electron chi connectivity index (χ0n) is 10.3. The molecule has 0 aromatic heterocycles. The fraction of sp³-hybridized carbons (Fsp3) is 0.0667. The molecule has 0 spiro atoms. The largest absolute Gasteiger partial charge is 0.388 e. The highest BCUT2D eigenvalue weighted by atomic mass is 32.2. The molecule has 92 valence electrons. The lowest BCUT2D eigenvalue weighted by Crippen LogP contribution is -1.87. The topological polar surface area (TPSA) is 59.6 Å². The van der Waals surface area contributed by atoms with E-state index in [1.807, 2.05) is 31.3 Å². The van der Waals surface area contributed by atoms with Gasteiger partial charge in [-0.2, -0.15) is 10.5 Å². The second kappa shape index (κ2) is 5.95. The zero-order valence-corrected chi connectivity index (χ0v) is 11.2. The second-order valence-electron chi connectivity index (χ2n) is 3.81. The van der Waals surface area contributed by atoms with E-state index >= 15 is 0 Å². The van der Waals surface area contributed by atoms with Gasteiger partial charge in [0.05, 0.1) is 17.2 Å². The fourth-order valence-corrected chi connectivity index (χ4v) is 2.52. The van der Waals surface area contributed by atoms with Gasteiger partial charge in [0.15, 0.2) is 0 Å². The van der Waals surface area contributed by atoms with Crippen LogP contribution in [-0.2, 0) is 0 Å². The average molecular weight is 265 g/mol. The molecule has 2 aromatic rings. The van der Waals surface area contributed by atoms with Crippen molar-refractivity contribution < 1.29 is 0 Å². The molecule has 0 bridgehead atoms. The molecule has 0 unspecified atom stereocenters. The highest BCUT2D eigenvalue weighted by molar-refractivity contribution is 7.99. The van der Waals surface area contributed by atoms with Crippen LogP contribution < -0.4 is 5.32 Å². The van der Waals surface area contributed by atoms with E-state index in [-0.39, 0.29) is 0 Å². The Labute approximate surface area is 116 Å². The number of anilines is 1. The standard InChI is InChI=1S/C15H11N3S/c1-18-13-4-6-14(7-5-13)19-15-8-11(9-16)2-3-12(15)10-17/h2-8,18H,1H3. The van der Waals surface area contributed by atoms with Gasteiger partial charge in [0.1, 0.15) is 6.07 Å². The van der Waals surface area contributed by atoms with E-state index in [1.165, 1.54) is 11.8 Å². The summed E-state index contributed by atoms with van der Waals surface area (Å²) in [5.41, 5.74) is 2.19. The zero-order chi connectivity index (χ0) is 13.7. The van der Waals surface area contributed by atoms with Crippen LogP contribution in [0.2, 0.25) is 0 Å². The Balaban J connectivity index is 2.31. The Morgan fingerprint density at radius 1 is 1.00 bits per heavy atom. The molecule has 2 rings (SSSR count). The van der Waals surface area contributed by atoms with Gasteiger partial charge in [-0.1, -0.05) is 11.8 Å². The van der Waals surface area contributed by atoms with Gasteiger partial charge < -0.3 is 5.32 Å². The highest BCUT2D eigenvalue weighted by Gasteiger charge is 2.06. The first-order chi connectivity index (χ1) is 9.26. The van der Waals surface area contributed by atoms with Crippen LogP contribution in [0.15, 0.2) is 52.3 Å². The summed E-state index contributed by atoms with van der Waals surface area (Å²) in [5, 5.41) is 21.0. The first-order valence-electron chi connectivity index (χ1n) is 5.66. The molecule has 2 aromatic carbocycles. The van der Waals surface area contributed by atoms with Gasteiger partial charge in [-0.25, -0.2) is 0 Å². The average Bonchev–Trinajstić information content (AvgIpc) is 2.48. The Hall–Kier alpha value is -2.43. The SMILES string of the molecule is CNc1ccc(Sc2cc(C#N)ccc2C#N)cc1. The quantitative estimate of drug-likeness (QED) is 0.920. The van der Waals surface area contributed by atoms with Crippen LogP contribution in [0.5, 0.6) is 0 Å². The number of hydrogen-bond acceptors (Lipinski definition) is 4. The van der Waals surface area contributed by atoms with Gasteiger partial charge in [-0.05, 0) is 42.5 Å². The van der Waals surface area contributed by atoms with Gasteiger partial charge in [0, 0.05) is 22.5 Å². The Morgan fingerprint density at radius 2 is 1.74 bits per heavy atom. The van der Waals surface area contributed by atoms with E-state index in [1.54, 1.807) is 18.2 Å². The van der Waals surface area contributed by atoms with E-state index in [9.17, 15) is 0 Å². The van der Waals surface area contributed by atoms with Crippen LogP contribution in [0.1, 0.15) is 11.1 Å². The van der Waals surface area contributed by atoms with E-state index < -0.39 is 0 Å². The predicted molar refractivity (Wildman–Crippen MR) is 76.0 cm³/mol. The molecule has 19 heavy (non-hydrogen) atoms. The first-order valence-corrected chi connectivity index (χ1v) is 6.48. The number of rotatable bonds is 3. The van der Waals surface area contributed by atoms with Crippen LogP contribution in [0.4, 0.5) is 5.69 Å². The van der Waals surface area contributed by atoms with Crippen molar-refractivity contribution >= 4 is 17.4 Å². The molecular formula is C15H11N3S. The molecule has 0 saturated carbocycles. The third-order valence-corrected chi connectivity index (χ3v) is 3.67. The van der Waals surface area contributed by atoms with E-state index in [0.29, 0.717) is 11.1 Å². The third-order valence-electron chi connectivity index (χ3n) is 2.60. The van der Waals surface area contributed by atoms with E-state index in [0.717, 1.165) is 15.5 Å². The maximum absolute atomic E-state index is 9.09. The number of nitrogens with zero attached hydrogens (tertiary/aromatic N) is 2. The van der Waals surface area contributed by atoms with Crippen molar-refractivity contribution in [3.63, 3.8) is 0 Å². The normalized spacial score (nSPS) is 9.42. The van der Waals surface area contributed by atoms with Crippen molar-refractivity contribution in [2.24, 2.45) is 0 Å². The van der Waals surface area contributed by atoms with Crippen LogP contribution in [0.25, 0.3) is 0 Å². The van der Waals surface area contributed by atoms with Crippen LogP contribution in [-0.4, -0.2) is 7.05 Å². The van der Waals surface area contributed by atoms with Gasteiger partial charge in [-0.3, -0.25) is 0 Å². The lowest BCUT2D eigenvalue weighted by atomic mass is 10.2. The maximum Gasteiger partial charge on any atom is 0.100 e. The number of hydrogen-bond donors (Lipinski definition) is 1. The summed E-state index contributed by atoms with van der Waals surface area (Å²) >= 11 is 1.49. The van der Waals surface area contributed by atoms with E-state index in [4.69, 9.17) is 10.5 Å². The minimum absolute atomic E-state index is 0.563. The molecule has 0 fully saturated rings. The summed E-state index contributed by atoms with van der Waals surface area (Å²) in [6.07, 6.45) is 0. The number of nitriles is 2. The molecule has 0 heterocycles. The first kappa shape index (κ1) is 13.0. The lowest BCUT2D eigenvalue weighted by Gasteiger charge is -2.05. The van der Waals surface area contributed by atoms with Crippen LogP contribution in [0, 0.1) is 22.7 Å². The Kier molecular flexibility index (Phi) is 4.07. The molecular weight excluding hydrogens is 254 g/mol. The summed E-state index contributed by atoms with van der Waals surface area (Å²) in [6.45, 7) is 0. The van der Waals surface area contributed by atoms with Crippen LogP contribution in [0.3, 0.4) is 0 Å². The number of benzene rings is 2. The summed E-state index contributed by atoms with van der Waals surface area (Å²) in [4.78, 5) is 1.84. The van der Waals surface area contributed by atoms with Crippen LogP contribution >= 0.6 is 11.8 Å².